The van der Waals surface area contributed by atoms with Gasteiger partial charge < -0.3 is 9.47 Å². The lowest BCUT2D eigenvalue weighted by Gasteiger charge is -2.09. The highest BCUT2D eigenvalue weighted by Crippen LogP contribution is 2.72. The standard InChI is InChI=1S/C31H30N2O4/c34-30-26-5-3-14-1-2-15-4-6-27(33-29(15)28(14)32-26)31(35)37-13-17-8-19(17)21-10-23(21)25-11-24(25)22-9-20(22)18-7-16(18)12-36-30/h1-6,16-25H,7-13H2. The van der Waals surface area contributed by atoms with Gasteiger partial charge in [-0.15, -0.1) is 0 Å². The summed E-state index contributed by atoms with van der Waals surface area (Å²) >= 11 is 0. The van der Waals surface area contributed by atoms with Crippen molar-refractivity contribution in [1.29, 1.82) is 0 Å². The van der Waals surface area contributed by atoms with Crippen LogP contribution in [0.5, 0.6) is 0 Å². The first kappa shape index (κ1) is 21.0. The Hall–Kier alpha value is -3.02. The van der Waals surface area contributed by atoms with E-state index >= 15 is 0 Å². The third kappa shape index (κ3) is 3.44. The molecule has 2 aromatic heterocycles. The normalized spacial score (nSPS) is 41.3. The Labute approximate surface area is 215 Å². The molecule has 5 fully saturated rings. The smallest absolute Gasteiger partial charge is 0.356 e. The quantitative estimate of drug-likeness (QED) is 0.312. The van der Waals surface area contributed by atoms with Crippen LogP contribution < -0.4 is 0 Å². The van der Waals surface area contributed by atoms with Crippen molar-refractivity contribution in [2.45, 2.75) is 32.1 Å². The number of rotatable bonds is 0. The highest BCUT2D eigenvalue weighted by atomic mass is 16.5. The SMILES string of the molecule is O=C1OCC2CC2C2CC2C2CC2C2CC2C2CC2COC(=O)c2ccc3ccc4ccc1nc4c3n2. The van der Waals surface area contributed by atoms with Crippen molar-refractivity contribution >= 4 is 33.7 Å². The molecule has 5 aliphatic carbocycles. The van der Waals surface area contributed by atoms with E-state index < -0.39 is 0 Å². The fraction of sp³-hybridized carbons (Fsp3) is 0.548. The molecule has 0 radical (unpaired) electrons. The maximum atomic E-state index is 12.9. The Morgan fingerprint density at radius 2 is 0.892 bits per heavy atom. The van der Waals surface area contributed by atoms with Gasteiger partial charge in [0.15, 0.2) is 0 Å². The third-order valence-corrected chi connectivity index (χ3v) is 10.6. The first-order valence-corrected chi connectivity index (χ1v) is 14.2. The number of benzene rings is 1. The Bertz CT molecular complexity index is 1390. The molecule has 0 saturated heterocycles. The van der Waals surface area contributed by atoms with E-state index in [9.17, 15) is 9.59 Å². The van der Waals surface area contributed by atoms with E-state index in [-0.39, 0.29) is 23.3 Å². The van der Waals surface area contributed by atoms with E-state index in [0.29, 0.717) is 36.1 Å². The molecule has 37 heavy (non-hydrogen) atoms. The maximum absolute atomic E-state index is 12.9. The van der Waals surface area contributed by atoms with Crippen LogP contribution in [-0.4, -0.2) is 35.1 Å². The minimum absolute atomic E-state index is 0.290. The van der Waals surface area contributed by atoms with Gasteiger partial charge in [-0.1, -0.05) is 24.3 Å². The van der Waals surface area contributed by atoms with E-state index in [2.05, 4.69) is 9.97 Å². The second kappa shape index (κ2) is 7.30. The number of pyridine rings is 2. The fourth-order valence-electron chi connectivity index (χ4n) is 8.14. The number of nitrogens with zero attached hydrogens (tertiary/aromatic N) is 2. The minimum atomic E-state index is -0.379. The average molecular weight is 495 g/mol. The van der Waals surface area contributed by atoms with E-state index in [1.54, 1.807) is 12.1 Å². The van der Waals surface area contributed by atoms with Crippen molar-refractivity contribution in [3.63, 3.8) is 0 Å². The van der Waals surface area contributed by atoms with Crippen molar-refractivity contribution in [3.05, 3.63) is 47.8 Å². The molecule has 10 atom stereocenters. The van der Waals surface area contributed by atoms with Crippen LogP contribution in [0.1, 0.15) is 53.1 Å². The molecule has 6 nitrogen and oxygen atoms in total. The molecule has 0 N–H and O–H groups in total. The Kier molecular flexibility index (Phi) is 4.14. The number of hydrogen-bond donors (Lipinski definition) is 0. The number of cyclic esters (lactones) is 2. The molecule has 188 valence electrons. The summed E-state index contributed by atoms with van der Waals surface area (Å²) in [6.07, 6.45) is 6.63. The molecule has 5 saturated carbocycles. The molecule has 3 heterocycles. The van der Waals surface area contributed by atoms with Gasteiger partial charge in [-0.05, 0) is 103 Å². The van der Waals surface area contributed by atoms with Crippen molar-refractivity contribution in [1.82, 2.24) is 9.97 Å². The van der Waals surface area contributed by atoms with Crippen LogP contribution in [0.2, 0.25) is 0 Å². The zero-order chi connectivity index (χ0) is 24.4. The molecular weight excluding hydrogens is 464 g/mol. The first-order chi connectivity index (χ1) is 18.1. The fourth-order valence-corrected chi connectivity index (χ4v) is 8.14. The number of ether oxygens (including phenoxy) is 2. The minimum Gasteiger partial charge on any atom is -0.461 e. The van der Waals surface area contributed by atoms with Crippen LogP contribution in [-0.2, 0) is 9.47 Å². The number of aromatic nitrogens is 2. The molecule has 6 aliphatic rings. The van der Waals surface area contributed by atoms with Crippen LogP contribution >= 0.6 is 0 Å². The molecular formula is C31H30N2O4. The van der Waals surface area contributed by atoms with Crippen LogP contribution in [0.15, 0.2) is 36.4 Å². The zero-order valence-corrected chi connectivity index (χ0v) is 20.7. The van der Waals surface area contributed by atoms with Crippen molar-refractivity contribution < 1.29 is 19.1 Å². The van der Waals surface area contributed by atoms with Gasteiger partial charge in [-0.3, -0.25) is 0 Å². The van der Waals surface area contributed by atoms with Crippen LogP contribution in [0.4, 0.5) is 0 Å². The summed E-state index contributed by atoms with van der Waals surface area (Å²) in [5.41, 5.74) is 1.79. The van der Waals surface area contributed by atoms with Gasteiger partial charge in [-0.2, -0.15) is 0 Å². The predicted molar refractivity (Wildman–Crippen MR) is 136 cm³/mol. The maximum Gasteiger partial charge on any atom is 0.356 e. The highest BCUT2D eigenvalue weighted by molar-refractivity contribution is 6.05. The average Bonchev–Trinajstić information content (AvgIpc) is 3.72. The van der Waals surface area contributed by atoms with Gasteiger partial charge in [-0.25, -0.2) is 19.6 Å². The number of hydrogen-bond acceptors (Lipinski definition) is 6. The topological polar surface area (TPSA) is 78.4 Å². The Morgan fingerprint density at radius 1 is 0.514 bits per heavy atom. The monoisotopic (exact) mass is 494 g/mol. The summed E-state index contributed by atoms with van der Waals surface area (Å²) in [6.45, 7) is 0.996. The highest BCUT2D eigenvalue weighted by Gasteiger charge is 2.66. The van der Waals surface area contributed by atoms with E-state index in [1.165, 1.54) is 32.1 Å². The largest absolute Gasteiger partial charge is 0.461 e. The van der Waals surface area contributed by atoms with Gasteiger partial charge in [0.1, 0.15) is 11.4 Å². The summed E-state index contributed by atoms with van der Waals surface area (Å²) in [5.74, 6) is 7.29. The molecule has 9 rings (SSSR count). The molecule has 3 aromatic rings. The Balaban J connectivity index is 1.03. The summed E-state index contributed by atoms with van der Waals surface area (Å²) in [6, 6.07) is 11.1. The zero-order valence-electron chi connectivity index (χ0n) is 20.7. The van der Waals surface area contributed by atoms with Crippen LogP contribution in [0.25, 0.3) is 21.8 Å². The lowest BCUT2D eigenvalue weighted by atomic mass is 10.1. The lowest BCUT2D eigenvalue weighted by molar-refractivity contribution is 0.0463. The van der Waals surface area contributed by atoms with Gasteiger partial charge >= 0.3 is 11.9 Å². The second-order valence-corrected chi connectivity index (χ2v) is 12.8. The molecule has 10 unspecified atom stereocenters. The van der Waals surface area contributed by atoms with Gasteiger partial charge in [0, 0.05) is 10.8 Å². The number of carbonyl (C=O) groups excluding carboxylic acids is 2. The third-order valence-electron chi connectivity index (χ3n) is 10.6. The van der Waals surface area contributed by atoms with Crippen molar-refractivity contribution in [3.8, 4) is 0 Å². The van der Waals surface area contributed by atoms with Gasteiger partial charge in [0.2, 0.25) is 0 Å². The number of carbonyl (C=O) groups is 2. The van der Waals surface area contributed by atoms with E-state index in [4.69, 9.17) is 9.47 Å². The van der Waals surface area contributed by atoms with Crippen LogP contribution in [0, 0.1) is 59.2 Å². The summed E-state index contributed by atoms with van der Waals surface area (Å²) in [7, 11) is 0. The van der Waals surface area contributed by atoms with Gasteiger partial charge in [0.25, 0.3) is 0 Å². The molecule has 1 aromatic carbocycles. The van der Waals surface area contributed by atoms with E-state index in [0.717, 1.165) is 58.1 Å². The van der Waals surface area contributed by atoms with Crippen LogP contribution in [0.3, 0.4) is 0 Å². The summed E-state index contributed by atoms with van der Waals surface area (Å²) in [5, 5.41) is 1.74. The Morgan fingerprint density at radius 3 is 1.32 bits per heavy atom. The summed E-state index contributed by atoms with van der Waals surface area (Å²) < 4.78 is 11.5. The number of esters is 2. The van der Waals surface area contributed by atoms with Crippen molar-refractivity contribution in [2.75, 3.05) is 13.2 Å². The van der Waals surface area contributed by atoms with Gasteiger partial charge in [0.05, 0.1) is 24.2 Å². The first-order valence-electron chi connectivity index (χ1n) is 14.2. The molecule has 4 bridgehead atoms. The van der Waals surface area contributed by atoms with E-state index in [1.807, 2.05) is 24.3 Å². The molecule has 6 heteroatoms. The number of fused-ring (bicyclic) bond motifs is 11. The predicted octanol–water partition coefficient (Wildman–Crippen LogP) is 5.29. The molecule has 1 aliphatic heterocycles. The molecule has 0 spiro atoms. The second-order valence-electron chi connectivity index (χ2n) is 12.8. The summed E-state index contributed by atoms with van der Waals surface area (Å²) in [4.78, 5) is 35.1. The lowest BCUT2D eigenvalue weighted by Crippen LogP contribution is -2.11. The molecule has 0 amide bonds. The van der Waals surface area contributed by atoms with Crippen molar-refractivity contribution in [2.24, 2.45) is 59.2 Å².